The summed E-state index contributed by atoms with van der Waals surface area (Å²) in [6.07, 6.45) is 8.86. The Morgan fingerprint density at radius 2 is 0.750 bits per heavy atom. The zero-order valence-electron chi connectivity index (χ0n) is 13.4. The van der Waals surface area contributed by atoms with E-state index in [2.05, 4.69) is 115 Å². The lowest BCUT2D eigenvalue weighted by Gasteiger charge is -2.30. The molecule has 0 nitrogen and oxygen atoms in total. The predicted octanol–water partition coefficient (Wildman–Crippen LogP) is 4.28. The van der Waals surface area contributed by atoms with E-state index in [9.17, 15) is 0 Å². The molecule has 1 aliphatic rings. The maximum atomic E-state index is 2.28. The Kier molecular flexibility index (Phi) is 4.07. The van der Waals surface area contributed by atoms with Crippen LogP contribution in [-0.2, 0) is 0 Å². The highest BCUT2D eigenvalue weighted by atomic mass is 31.2. The summed E-state index contributed by atoms with van der Waals surface area (Å²) < 4.78 is 0. The Labute approximate surface area is 143 Å². The number of rotatable bonds is 3. The fourth-order valence-electron chi connectivity index (χ4n) is 3.44. The first kappa shape index (κ1) is 15.0. The standard InChI is InChI=1S/C23H19P/c1-4-12-20(13-5-1)24(23-18-10-11-19-23,21-14-6-2-7-15-21)22-16-8-3-9-17-22/h1-19H. The summed E-state index contributed by atoms with van der Waals surface area (Å²) in [7, 11) is 0. The topological polar surface area (TPSA) is 0 Å². The molecule has 116 valence electrons. The molecular formula is C23H19P. The molecule has 0 aliphatic heterocycles. The van der Waals surface area contributed by atoms with Gasteiger partial charge in [0.1, 0.15) is 0 Å². The molecule has 0 saturated carbocycles. The van der Waals surface area contributed by atoms with Gasteiger partial charge in [0.05, 0.1) is 0 Å². The molecule has 0 unspecified atom stereocenters. The lowest BCUT2D eigenvalue weighted by Crippen LogP contribution is -2.29. The van der Waals surface area contributed by atoms with Crippen LogP contribution in [0.5, 0.6) is 0 Å². The largest absolute Gasteiger partial charge is 0.0622 e. The summed E-state index contributed by atoms with van der Waals surface area (Å²) in [5.74, 6) is 0. The van der Waals surface area contributed by atoms with Crippen molar-refractivity contribution in [3.05, 3.63) is 115 Å². The smallest absolute Gasteiger partial charge is 0.0155 e. The maximum Gasteiger partial charge on any atom is -0.0155 e. The lowest BCUT2D eigenvalue weighted by atomic mass is 10.4. The fourth-order valence-corrected chi connectivity index (χ4v) is 7.70. The third-order valence-corrected chi connectivity index (χ3v) is 8.75. The van der Waals surface area contributed by atoms with Crippen molar-refractivity contribution in [3.8, 4) is 0 Å². The van der Waals surface area contributed by atoms with E-state index in [0.717, 1.165) is 0 Å². The molecule has 24 heavy (non-hydrogen) atoms. The van der Waals surface area contributed by atoms with E-state index in [0.29, 0.717) is 0 Å². The Morgan fingerprint density at radius 3 is 1.08 bits per heavy atom. The van der Waals surface area contributed by atoms with E-state index in [-0.39, 0.29) is 0 Å². The van der Waals surface area contributed by atoms with Gasteiger partial charge in [-0.1, -0.05) is 115 Å². The van der Waals surface area contributed by atoms with Crippen LogP contribution in [0.15, 0.2) is 115 Å². The minimum absolute atomic E-state index is 1.40. The second kappa shape index (κ2) is 6.51. The molecule has 4 rings (SSSR count). The van der Waals surface area contributed by atoms with Gasteiger partial charge >= 0.3 is 0 Å². The van der Waals surface area contributed by atoms with Gasteiger partial charge in [-0.3, -0.25) is 0 Å². The molecule has 0 aromatic heterocycles. The third-order valence-electron chi connectivity index (χ3n) is 4.46. The van der Waals surface area contributed by atoms with Crippen molar-refractivity contribution >= 4 is 28.1 Å². The van der Waals surface area contributed by atoms with Gasteiger partial charge in [-0.25, -0.2) is 0 Å². The number of allylic oxidation sites excluding steroid dienone is 4. The number of benzene rings is 3. The first-order chi connectivity index (χ1) is 11.9. The normalized spacial score (nSPS) is 13.4. The molecule has 0 amide bonds. The Morgan fingerprint density at radius 1 is 0.417 bits per heavy atom. The van der Waals surface area contributed by atoms with Crippen molar-refractivity contribution in [1.82, 2.24) is 0 Å². The highest BCUT2D eigenvalue weighted by Gasteiger charge is 2.28. The molecule has 0 fully saturated rings. The summed E-state index contributed by atoms with van der Waals surface area (Å²) in [5.41, 5.74) is 0. The highest BCUT2D eigenvalue weighted by Crippen LogP contribution is 2.47. The Balaban J connectivity index is 2.19. The molecule has 1 aliphatic carbocycles. The Hall–Kier alpha value is -2.56. The van der Waals surface area contributed by atoms with E-state index in [4.69, 9.17) is 0 Å². The first-order valence-corrected chi connectivity index (χ1v) is 9.99. The minimum atomic E-state index is -1.86. The molecule has 1 heteroatoms. The van der Waals surface area contributed by atoms with Gasteiger partial charge in [-0.15, -0.1) is 0 Å². The van der Waals surface area contributed by atoms with Crippen LogP contribution in [0.4, 0.5) is 0 Å². The van der Waals surface area contributed by atoms with Crippen molar-refractivity contribution in [1.29, 1.82) is 0 Å². The van der Waals surface area contributed by atoms with Crippen molar-refractivity contribution in [2.45, 2.75) is 0 Å². The van der Waals surface area contributed by atoms with Crippen LogP contribution in [0.1, 0.15) is 0 Å². The van der Waals surface area contributed by atoms with Crippen LogP contribution in [0.3, 0.4) is 0 Å². The molecule has 3 aromatic rings. The Bertz CT molecular complexity index is 816. The van der Waals surface area contributed by atoms with Crippen molar-refractivity contribution < 1.29 is 0 Å². The van der Waals surface area contributed by atoms with Crippen LogP contribution in [0, 0.1) is 0 Å². The molecule has 0 radical (unpaired) electrons. The molecular weight excluding hydrogens is 307 g/mol. The highest BCUT2D eigenvalue weighted by molar-refractivity contribution is 7.95. The van der Waals surface area contributed by atoms with Gasteiger partial charge in [0.2, 0.25) is 0 Å². The quantitative estimate of drug-likeness (QED) is 0.630. The van der Waals surface area contributed by atoms with Gasteiger partial charge in [0, 0.05) is 0 Å². The molecule has 0 bridgehead atoms. The molecule has 0 heterocycles. The second-order valence-corrected chi connectivity index (χ2v) is 9.23. The van der Waals surface area contributed by atoms with Crippen LogP contribution in [0.2, 0.25) is 0 Å². The monoisotopic (exact) mass is 326 g/mol. The van der Waals surface area contributed by atoms with Gasteiger partial charge in [0.15, 0.2) is 0 Å². The number of hydrogen-bond acceptors (Lipinski definition) is 0. The van der Waals surface area contributed by atoms with Crippen LogP contribution in [0.25, 0.3) is 0 Å². The average Bonchev–Trinajstić information content (AvgIpc) is 3.20. The summed E-state index contributed by atoms with van der Waals surface area (Å²) >= 11 is 0. The predicted molar refractivity (Wildman–Crippen MR) is 108 cm³/mol. The summed E-state index contributed by atoms with van der Waals surface area (Å²) in [4.78, 5) is 0. The van der Waals surface area contributed by atoms with E-state index >= 15 is 0 Å². The molecule has 0 N–H and O–H groups in total. The van der Waals surface area contributed by atoms with Crippen molar-refractivity contribution in [3.63, 3.8) is 0 Å². The van der Waals surface area contributed by atoms with Crippen molar-refractivity contribution in [2.24, 2.45) is 0 Å². The van der Waals surface area contributed by atoms with Crippen molar-refractivity contribution in [2.75, 3.05) is 0 Å². The SMILES string of the molecule is C1=CC(=P(c2ccccc2)(c2ccccc2)c2ccccc2)C=C1. The van der Waals surface area contributed by atoms with Crippen LogP contribution in [-0.4, -0.2) is 5.29 Å². The van der Waals surface area contributed by atoms with Gasteiger partial charge in [0.25, 0.3) is 0 Å². The van der Waals surface area contributed by atoms with E-state index in [1.165, 1.54) is 21.2 Å². The summed E-state index contributed by atoms with van der Waals surface area (Å²) in [6, 6.07) is 32.9. The van der Waals surface area contributed by atoms with Gasteiger partial charge < -0.3 is 0 Å². The number of hydrogen-bond donors (Lipinski definition) is 0. The van der Waals surface area contributed by atoms with E-state index < -0.39 is 6.89 Å². The van der Waals surface area contributed by atoms with Gasteiger partial charge in [-0.05, 0) is 28.1 Å². The fraction of sp³-hybridized carbons (Fsp3) is 0. The van der Waals surface area contributed by atoms with Gasteiger partial charge in [-0.2, -0.15) is 0 Å². The molecule has 0 spiro atoms. The van der Waals surface area contributed by atoms with Crippen LogP contribution < -0.4 is 15.9 Å². The summed E-state index contributed by atoms with van der Waals surface area (Å²) in [5, 5.41) is 5.60. The second-order valence-electron chi connectivity index (χ2n) is 5.82. The first-order valence-electron chi connectivity index (χ1n) is 8.20. The summed E-state index contributed by atoms with van der Waals surface area (Å²) in [6.45, 7) is -1.86. The minimum Gasteiger partial charge on any atom is -0.0622 e. The molecule has 3 aromatic carbocycles. The van der Waals surface area contributed by atoms with E-state index in [1.807, 2.05) is 0 Å². The third kappa shape index (κ3) is 2.40. The average molecular weight is 326 g/mol. The zero-order chi connectivity index (χ0) is 16.2. The van der Waals surface area contributed by atoms with E-state index in [1.54, 1.807) is 0 Å². The molecule has 0 saturated heterocycles. The zero-order valence-corrected chi connectivity index (χ0v) is 14.3. The lowest BCUT2D eigenvalue weighted by molar-refractivity contribution is 1.73. The maximum absolute atomic E-state index is 2.28. The molecule has 0 atom stereocenters. The van der Waals surface area contributed by atoms with Crippen LogP contribution >= 0.6 is 6.89 Å².